The molecule has 0 spiro atoms. The summed E-state index contributed by atoms with van der Waals surface area (Å²) in [7, 11) is 3.80. The van der Waals surface area contributed by atoms with E-state index in [9.17, 15) is 9.90 Å². The van der Waals surface area contributed by atoms with Gasteiger partial charge in [0.25, 0.3) is 0 Å². The van der Waals surface area contributed by atoms with Crippen LogP contribution in [0.3, 0.4) is 0 Å². The fourth-order valence-electron chi connectivity index (χ4n) is 3.06. The van der Waals surface area contributed by atoms with Crippen LogP contribution in [0.4, 0.5) is 0 Å². The minimum atomic E-state index is -0.263. The van der Waals surface area contributed by atoms with Crippen LogP contribution < -0.4 is 0 Å². The van der Waals surface area contributed by atoms with Gasteiger partial charge in [-0.25, -0.2) is 0 Å². The van der Waals surface area contributed by atoms with Crippen LogP contribution >= 0.6 is 0 Å². The molecule has 0 aliphatic heterocycles. The molecule has 0 fully saturated rings. The van der Waals surface area contributed by atoms with E-state index in [1.807, 2.05) is 43.3 Å². The second kappa shape index (κ2) is 5.79. The third-order valence-corrected chi connectivity index (χ3v) is 4.19. The summed E-state index contributed by atoms with van der Waals surface area (Å²) in [6.45, 7) is 0.489. The fraction of sp³-hybridized carbons (Fsp3) is 0.150. The number of phenolic OH excluding ortho intramolecular Hbond substituents is 1. The summed E-state index contributed by atoms with van der Waals surface area (Å²) in [6.07, 6.45) is 1.43. The fourth-order valence-corrected chi connectivity index (χ4v) is 3.06. The van der Waals surface area contributed by atoms with Gasteiger partial charge in [0.2, 0.25) is 5.78 Å². The van der Waals surface area contributed by atoms with E-state index in [2.05, 4.69) is 0 Å². The van der Waals surface area contributed by atoms with Crippen LogP contribution in [0.25, 0.3) is 21.9 Å². The van der Waals surface area contributed by atoms with E-state index in [0.29, 0.717) is 34.2 Å². The van der Waals surface area contributed by atoms with Crippen LogP contribution in [0.2, 0.25) is 0 Å². The summed E-state index contributed by atoms with van der Waals surface area (Å²) >= 11 is 0. The zero-order chi connectivity index (χ0) is 17.6. The Hall–Kier alpha value is -3.05. The molecular formula is C20H17NO4. The molecule has 5 nitrogen and oxygen atoms in total. The van der Waals surface area contributed by atoms with Crippen molar-refractivity contribution >= 4 is 27.7 Å². The van der Waals surface area contributed by atoms with Crippen molar-refractivity contribution in [1.82, 2.24) is 4.90 Å². The van der Waals surface area contributed by atoms with Crippen molar-refractivity contribution < 1.29 is 18.7 Å². The molecular weight excluding hydrogens is 318 g/mol. The van der Waals surface area contributed by atoms with Gasteiger partial charge in [0.15, 0.2) is 5.76 Å². The molecule has 126 valence electrons. The first-order valence-electron chi connectivity index (χ1n) is 7.94. The van der Waals surface area contributed by atoms with E-state index >= 15 is 0 Å². The second-order valence-electron chi connectivity index (χ2n) is 6.30. The molecule has 2 aromatic heterocycles. The topological polar surface area (TPSA) is 66.8 Å². The minimum Gasteiger partial charge on any atom is -0.508 e. The quantitative estimate of drug-likeness (QED) is 0.567. The van der Waals surface area contributed by atoms with Gasteiger partial charge in [-0.05, 0) is 38.4 Å². The Labute approximate surface area is 144 Å². The van der Waals surface area contributed by atoms with Gasteiger partial charge >= 0.3 is 0 Å². The van der Waals surface area contributed by atoms with E-state index in [1.165, 1.54) is 6.26 Å². The molecule has 0 atom stereocenters. The molecule has 0 saturated carbocycles. The number of hydrogen-bond donors (Lipinski definition) is 1. The van der Waals surface area contributed by atoms with Gasteiger partial charge in [-0.1, -0.05) is 18.2 Å². The second-order valence-corrected chi connectivity index (χ2v) is 6.30. The smallest absolute Gasteiger partial charge is 0.232 e. The van der Waals surface area contributed by atoms with Gasteiger partial charge in [0.1, 0.15) is 23.2 Å². The third kappa shape index (κ3) is 2.58. The van der Waals surface area contributed by atoms with E-state index in [-0.39, 0.29) is 17.3 Å². The first-order chi connectivity index (χ1) is 12.0. The lowest BCUT2D eigenvalue weighted by atomic mass is 10.0. The Morgan fingerprint density at radius 1 is 1.12 bits per heavy atom. The molecule has 0 aliphatic rings. The van der Waals surface area contributed by atoms with E-state index in [4.69, 9.17) is 8.83 Å². The maximum absolute atomic E-state index is 13.0. The molecule has 1 N–H and O–H groups in total. The van der Waals surface area contributed by atoms with E-state index in [1.54, 1.807) is 18.2 Å². The van der Waals surface area contributed by atoms with Crippen LogP contribution in [0.15, 0.2) is 57.6 Å². The number of phenols is 1. The lowest BCUT2D eigenvalue weighted by molar-refractivity contribution is 0.101. The maximum atomic E-state index is 13.0. The lowest BCUT2D eigenvalue weighted by Gasteiger charge is -2.12. The maximum Gasteiger partial charge on any atom is 0.232 e. The summed E-state index contributed by atoms with van der Waals surface area (Å²) < 4.78 is 11.2. The Bertz CT molecular complexity index is 1050. The highest BCUT2D eigenvalue weighted by atomic mass is 16.3. The number of fused-ring (bicyclic) bond motifs is 2. The van der Waals surface area contributed by atoms with E-state index in [0.717, 1.165) is 5.39 Å². The van der Waals surface area contributed by atoms with Crippen molar-refractivity contribution in [2.45, 2.75) is 6.54 Å². The van der Waals surface area contributed by atoms with Crippen molar-refractivity contribution in [3.63, 3.8) is 0 Å². The lowest BCUT2D eigenvalue weighted by Crippen LogP contribution is -2.11. The number of para-hydroxylation sites is 1. The highest BCUT2D eigenvalue weighted by Crippen LogP contribution is 2.34. The van der Waals surface area contributed by atoms with Gasteiger partial charge in [-0.2, -0.15) is 0 Å². The van der Waals surface area contributed by atoms with E-state index < -0.39 is 0 Å². The third-order valence-electron chi connectivity index (χ3n) is 4.19. The number of aromatic hydroxyl groups is 1. The first-order valence-corrected chi connectivity index (χ1v) is 7.94. The Balaban J connectivity index is 1.88. The van der Waals surface area contributed by atoms with Crippen LogP contribution in [-0.4, -0.2) is 29.9 Å². The van der Waals surface area contributed by atoms with Crippen molar-refractivity contribution in [3.05, 3.63) is 65.6 Å². The average molecular weight is 335 g/mol. The molecule has 2 aromatic carbocycles. The number of benzene rings is 2. The van der Waals surface area contributed by atoms with Crippen LogP contribution in [-0.2, 0) is 6.54 Å². The highest BCUT2D eigenvalue weighted by Gasteiger charge is 2.23. The highest BCUT2D eigenvalue weighted by molar-refractivity contribution is 6.16. The summed E-state index contributed by atoms with van der Waals surface area (Å²) in [4.78, 5) is 14.9. The summed E-state index contributed by atoms with van der Waals surface area (Å²) in [5, 5.41) is 11.8. The molecule has 4 rings (SSSR count). The molecule has 0 unspecified atom stereocenters. The number of ketones is 1. The molecule has 0 bridgehead atoms. The van der Waals surface area contributed by atoms with Crippen molar-refractivity contribution in [2.75, 3.05) is 14.1 Å². The van der Waals surface area contributed by atoms with Crippen molar-refractivity contribution in [2.24, 2.45) is 0 Å². The number of nitrogens with zero attached hydrogens (tertiary/aromatic N) is 1. The van der Waals surface area contributed by atoms with Crippen LogP contribution in [0, 0.1) is 0 Å². The largest absolute Gasteiger partial charge is 0.508 e. The number of carbonyl (C=O) groups excluding carboxylic acids is 1. The monoisotopic (exact) mass is 335 g/mol. The molecule has 0 amide bonds. The normalized spacial score (nSPS) is 11.6. The molecule has 25 heavy (non-hydrogen) atoms. The van der Waals surface area contributed by atoms with Gasteiger partial charge in [0, 0.05) is 22.9 Å². The summed E-state index contributed by atoms with van der Waals surface area (Å²) in [5.74, 6) is 0.129. The van der Waals surface area contributed by atoms with Crippen molar-refractivity contribution in [1.29, 1.82) is 0 Å². The van der Waals surface area contributed by atoms with Gasteiger partial charge in [-0.3, -0.25) is 4.79 Å². The number of carbonyl (C=O) groups is 1. The SMILES string of the molecule is CN(C)Cc1c(O)ccc2occ(C(=O)c3cc4ccccc4o3)c12. The number of hydrogen-bond acceptors (Lipinski definition) is 5. The molecule has 0 saturated heterocycles. The van der Waals surface area contributed by atoms with Gasteiger partial charge in [-0.15, -0.1) is 0 Å². The Morgan fingerprint density at radius 2 is 1.92 bits per heavy atom. The Kier molecular flexibility index (Phi) is 3.58. The van der Waals surface area contributed by atoms with Crippen LogP contribution in [0.1, 0.15) is 21.7 Å². The zero-order valence-corrected chi connectivity index (χ0v) is 13.9. The summed E-state index contributed by atoms with van der Waals surface area (Å²) in [5.41, 5.74) is 2.28. The molecule has 2 heterocycles. The minimum absolute atomic E-state index is 0.140. The molecule has 0 aliphatic carbocycles. The molecule has 5 heteroatoms. The number of furan rings is 2. The predicted octanol–water partition coefficient (Wildman–Crippen LogP) is 4.18. The van der Waals surface area contributed by atoms with Gasteiger partial charge in [0.05, 0.1) is 5.56 Å². The number of rotatable bonds is 4. The predicted molar refractivity (Wildman–Crippen MR) is 94.9 cm³/mol. The standard InChI is InChI=1S/C20H17NO4/c1-21(2)10-13-15(22)7-8-17-19(13)14(11-24-17)20(23)18-9-12-5-3-4-6-16(12)25-18/h3-9,11,22H,10H2,1-2H3. The zero-order valence-electron chi connectivity index (χ0n) is 13.9. The molecule has 4 aromatic rings. The van der Waals surface area contributed by atoms with Crippen LogP contribution in [0.5, 0.6) is 5.75 Å². The average Bonchev–Trinajstić information content (AvgIpc) is 3.20. The molecule has 0 radical (unpaired) electrons. The Morgan fingerprint density at radius 3 is 2.68 bits per heavy atom. The van der Waals surface area contributed by atoms with Crippen molar-refractivity contribution in [3.8, 4) is 5.75 Å². The first kappa shape index (κ1) is 15.5. The summed E-state index contributed by atoms with van der Waals surface area (Å²) in [6, 6.07) is 12.5. The van der Waals surface area contributed by atoms with Gasteiger partial charge < -0.3 is 18.8 Å².